The predicted octanol–water partition coefficient (Wildman–Crippen LogP) is 4.90. The molecule has 1 aromatic heterocycles. The molecule has 0 radical (unpaired) electrons. The molecule has 8 rings (SSSR count). The molecule has 75 heavy (non-hydrogen) atoms. The van der Waals surface area contributed by atoms with E-state index in [1.165, 1.54) is 9.47 Å². The lowest BCUT2D eigenvalue weighted by Gasteiger charge is -2.44. The molecule has 1 saturated carbocycles. The van der Waals surface area contributed by atoms with E-state index in [2.05, 4.69) is 21.3 Å². The zero-order valence-corrected chi connectivity index (χ0v) is 43.6. The molecule has 5 atom stereocenters. The molecular formula is C56H71N9O10. The van der Waals surface area contributed by atoms with E-state index >= 15 is 0 Å². The number of aromatic nitrogens is 2. The fourth-order valence-electron chi connectivity index (χ4n) is 11.4. The molecule has 3 aromatic carbocycles. The number of unbranched alkanes of at least 4 members (excludes halogenated alkanes) is 1. The number of rotatable bonds is 17. The van der Waals surface area contributed by atoms with Gasteiger partial charge in [-0.1, -0.05) is 79.6 Å². The van der Waals surface area contributed by atoms with Crippen LogP contribution in [0.1, 0.15) is 146 Å². The summed E-state index contributed by atoms with van der Waals surface area (Å²) in [5.74, 6) is -2.52. The van der Waals surface area contributed by atoms with Gasteiger partial charge in [-0.3, -0.25) is 48.0 Å². The quantitative estimate of drug-likeness (QED) is 0.0706. The Bertz CT molecular complexity index is 2830. The largest absolute Gasteiger partial charge is 0.444 e. The van der Waals surface area contributed by atoms with Gasteiger partial charge in [-0.05, 0) is 120 Å². The van der Waals surface area contributed by atoms with Crippen LogP contribution in [0.2, 0.25) is 0 Å². The van der Waals surface area contributed by atoms with E-state index in [1.54, 1.807) is 37.3 Å². The summed E-state index contributed by atoms with van der Waals surface area (Å²) in [6, 6.07) is 19.9. The van der Waals surface area contributed by atoms with Crippen molar-refractivity contribution >= 4 is 58.5 Å². The first kappa shape index (κ1) is 54.0. The Morgan fingerprint density at radius 1 is 0.853 bits per heavy atom. The standard InChI is InChI=1S/C56H71N9O10/c1-55(2,3)75-53(73)59-40-33-63(47(68)19-13-12-14-34-30-38(31-34)37-20-22-41-44(32-37)62(5)54(74)64(41)42-23-25-46(67)60-50(42)70)29-28-56(4)27-26-43(65(56)52(40)72)51(71)58-39(21-24-45(57)66)49(69)61-48(35-15-8-6-9-16-35)36-17-10-7-11-18-36/h6-11,15-18,20,22,32,34,38-40,42-43,48H,12-14,19,21,23-31,33H2,1-5H3,(H2,57,66)(H,58,71)(H,59,73)(H,61,69)(H,60,67,70)/t34?,38?,39-,40-,42?,43-,56+/m0/s1. The number of amides is 8. The van der Waals surface area contributed by atoms with Crippen molar-refractivity contribution in [3.05, 3.63) is 106 Å². The lowest BCUT2D eigenvalue weighted by atomic mass is 9.69. The second kappa shape index (κ2) is 22.7. The van der Waals surface area contributed by atoms with Crippen molar-refractivity contribution in [2.24, 2.45) is 18.7 Å². The Kier molecular flexibility index (Phi) is 16.3. The molecule has 4 heterocycles. The van der Waals surface area contributed by atoms with Crippen LogP contribution in [0.4, 0.5) is 4.79 Å². The summed E-state index contributed by atoms with van der Waals surface area (Å²) in [6.45, 7) is 7.10. The number of nitrogens with zero attached hydrogens (tertiary/aromatic N) is 4. The average molecular weight is 1030 g/mol. The third-order valence-corrected chi connectivity index (χ3v) is 15.5. The number of ether oxygens (including phenoxy) is 1. The molecule has 4 aromatic rings. The van der Waals surface area contributed by atoms with Gasteiger partial charge < -0.3 is 36.2 Å². The molecule has 3 aliphatic heterocycles. The number of primary amides is 1. The van der Waals surface area contributed by atoms with Crippen LogP contribution in [-0.4, -0.2) is 109 Å². The average Bonchev–Trinajstić information content (AvgIpc) is 3.84. The number of hydrogen-bond donors (Lipinski definition) is 5. The van der Waals surface area contributed by atoms with Crippen molar-refractivity contribution in [2.75, 3.05) is 13.1 Å². The topological polar surface area (TPSA) is 253 Å². The van der Waals surface area contributed by atoms with Crippen molar-refractivity contribution in [3.63, 3.8) is 0 Å². The van der Waals surface area contributed by atoms with Crippen LogP contribution in [-0.2, 0) is 45.3 Å². The van der Waals surface area contributed by atoms with Gasteiger partial charge in [0.05, 0.1) is 23.6 Å². The van der Waals surface area contributed by atoms with Gasteiger partial charge in [0.2, 0.25) is 41.4 Å². The molecule has 0 bridgehead atoms. The SMILES string of the molecule is Cn1c(=O)n(C2CCC(=O)NC2=O)c2ccc(C3CC(CCCCC(=O)N4CC[C@@]5(C)CC[C@@H](C(=O)N[C@@H](CCC(N)=O)C(=O)NC(c6ccccc6)c6ccccc6)N5C(=O)[C@@H](NC(=O)OC(C)(C)C)C4)C3)cc21. The van der Waals surface area contributed by atoms with E-state index in [-0.39, 0.29) is 69.1 Å². The molecule has 19 nitrogen and oxygen atoms in total. The van der Waals surface area contributed by atoms with E-state index < -0.39 is 77.0 Å². The summed E-state index contributed by atoms with van der Waals surface area (Å²) in [4.78, 5) is 124. The van der Waals surface area contributed by atoms with Gasteiger partial charge in [-0.25, -0.2) is 9.59 Å². The second-order valence-corrected chi connectivity index (χ2v) is 22.1. The van der Waals surface area contributed by atoms with Crippen molar-refractivity contribution in [3.8, 4) is 0 Å². The Labute approximate surface area is 436 Å². The molecule has 3 saturated heterocycles. The first-order valence-corrected chi connectivity index (χ1v) is 26.3. The van der Waals surface area contributed by atoms with Crippen molar-refractivity contribution in [2.45, 2.75) is 158 Å². The highest BCUT2D eigenvalue weighted by Crippen LogP contribution is 2.45. The third-order valence-electron chi connectivity index (χ3n) is 15.5. The molecule has 0 spiro atoms. The number of nitrogens with two attached hydrogens (primary N) is 1. The highest BCUT2D eigenvalue weighted by molar-refractivity contribution is 6.00. The van der Waals surface area contributed by atoms with Crippen molar-refractivity contribution in [1.29, 1.82) is 0 Å². The van der Waals surface area contributed by atoms with Crippen LogP contribution < -0.4 is 32.7 Å². The minimum absolute atomic E-state index is 0.0878. The van der Waals surface area contributed by atoms with Crippen LogP contribution in [0.25, 0.3) is 11.0 Å². The normalized spacial score (nSPS) is 23.3. The molecule has 1 aliphatic carbocycles. The van der Waals surface area contributed by atoms with Gasteiger partial charge in [-0.2, -0.15) is 0 Å². The molecule has 19 heteroatoms. The minimum atomic E-state index is -1.26. The van der Waals surface area contributed by atoms with Crippen LogP contribution in [0.5, 0.6) is 0 Å². The number of carbonyl (C=O) groups excluding carboxylic acids is 8. The number of carbonyl (C=O) groups is 8. The maximum absolute atomic E-state index is 14.9. The lowest BCUT2D eigenvalue weighted by molar-refractivity contribution is -0.149. The maximum atomic E-state index is 14.9. The molecule has 6 N–H and O–H groups in total. The van der Waals surface area contributed by atoms with Crippen molar-refractivity contribution in [1.82, 2.24) is 40.2 Å². The number of imide groups is 1. The van der Waals surface area contributed by atoms with E-state index in [0.29, 0.717) is 36.6 Å². The number of fused-ring (bicyclic) bond motifs is 2. The van der Waals surface area contributed by atoms with Crippen LogP contribution in [0.3, 0.4) is 0 Å². The van der Waals surface area contributed by atoms with E-state index in [4.69, 9.17) is 10.5 Å². The highest BCUT2D eigenvalue weighted by atomic mass is 16.6. The number of aryl methyl sites for hydroxylation is 1. The van der Waals surface area contributed by atoms with Crippen LogP contribution in [0, 0.1) is 5.92 Å². The Balaban J connectivity index is 0.896. The molecule has 1 unspecified atom stereocenters. The summed E-state index contributed by atoms with van der Waals surface area (Å²) in [6.07, 6.45) is 4.88. The summed E-state index contributed by atoms with van der Waals surface area (Å²) in [5.41, 5.74) is 7.57. The molecule has 8 amide bonds. The molecular weight excluding hydrogens is 959 g/mol. The number of alkyl carbamates (subject to hydrolysis) is 1. The van der Waals surface area contributed by atoms with Gasteiger partial charge in [-0.15, -0.1) is 0 Å². The minimum Gasteiger partial charge on any atom is -0.444 e. The van der Waals surface area contributed by atoms with Gasteiger partial charge >= 0.3 is 11.8 Å². The monoisotopic (exact) mass is 1030 g/mol. The number of nitrogens with one attached hydrogen (secondary N) is 4. The Morgan fingerprint density at radius 2 is 1.53 bits per heavy atom. The summed E-state index contributed by atoms with van der Waals surface area (Å²) in [5, 5.41) is 11.0. The van der Waals surface area contributed by atoms with Gasteiger partial charge in [0.25, 0.3) is 0 Å². The summed E-state index contributed by atoms with van der Waals surface area (Å²) < 4.78 is 8.62. The molecule has 400 valence electrons. The number of benzene rings is 3. The number of piperidine rings is 1. The fraction of sp³-hybridized carbons (Fsp3) is 0.518. The van der Waals surface area contributed by atoms with Crippen LogP contribution >= 0.6 is 0 Å². The van der Waals surface area contributed by atoms with Gasteiger partial charge in [0.1, 0.15) is 29.8 Å². The Hall–Kier alpha value is -7.31. The second-order valence-electron chi connectivity index (χ2n) is 22.1. The Morgan fingerprint density at radius 3 is 2.17 bits per heavy atom. The van der Waals surface area contributed by atoms with E-state index in [0.717, 1.165) is 47.9 Å². The first-order chi connectivity index (χ1) is 35.7. The highest BCUT2D eigenvalue weighted by Gasteiger charge is 2.52. The maximum Gasteiger partial charge on any atom is 0.408 e. The third kappa shape index (κ3) is 12.5. The fourth-order valence-corrected chi connectivity index (χ4v) is 11.4. The number of imidazole rings is 1. The van der Waals surface area contributed by atoms with Gasteiger partial charge in [0.15, 0.2) is 0 Å². The number of hydrogen-bond acceptors (Lipinski definition) is 10. The molecule has 4 aliphatic rings. The zero-order chi connectivity index (χ0) is 53.8. The molecule has 4 fully saturated rings. The zero-order valence-electron chi connectivity index (χ0n) is 43.6. The van der Waals surface area contributed by atoms with Crippen molar-refractivity contribution < 1.29 is 43.1 Å². The lowest BCUT2D eigenvalue weighted by Crippen LogP contribution is -2.65. The first-order valence-electron chi connectivity index (χ1n) is 26.3. The smallest absolute Gasteiger partial charge is 0.408 e. The van der Waals surface area contributed by atoms with Gasteiger partial charge in [0, 0.05) is 38.4 Å². The van der Waals surface area contributed by atoms with E-state index in [1.807, 2.05) is 85.8 Å². The van der Waals surface area contributed by atoms with E-state index in [9.17, 15) is 43.2 Å². The summed E-state index contributed by atoms with van der Waals surface area (Å²) >= 11 is 0. The van der Waals surface area contributed by atoms with Crippen LogP contribution in [0.15, 0.2) is 83.7 Å². The summed E-state index contributed by atoms with van der Waals surface area (Å²) in [7, 11) is 1.69. The predicted molar refractivity (Wildman–Crippen MR) is 278 cm³/mol.